The molecule has 1 heterocycles. The molecule has 0 aliphatic carbocycles. The number of nitrogens with one attached hydrogen (secondary N) is 2. The molecular weight excluding hydrogens is 514 g/mol. The Balaban J connectivity index is 1.70. The lowest BCUT2D eigenvalue weighted by molar-refractivity contribution is -0.485. The Morgan fingerprint density at radius 3 is 2.71 bits per heavy atom. The number of hydrogen-bond donors (Lipinski definition) is 3. The second-order valence-electron chi connectivity index (χ2n) is 8.27. The molecule has 1 aromatic heterocycles. The lowest BCUT2D eigenvalue weighted by atomic mass is 9.99. The summed E-state index contributed by atoms with van der Waals surface area (Å²) < 4.78 is 1.43. The van der Waals surface area contributed by atoms with Gasteiger partial charge in [0.1, 0.15) is 11.4 Å². The van der Waals surface area contributed by atoms with Crippen LogP contribution in [-0.2, 0) is 16.0 Å². The Labute approximate surface area is 222 Å². The largest absolute Gasteiger partial charge is 0.365 e. The first-order valence-corrected chi connectivity index (χ1v) is 11.9. The lowest BCUT2D eigenvalue weighted by Crippen LogP contribution is -2.41. The zero-order valence-electron chi connectivity index (χ0n) is 20.5. The van der Waals surface area contributed by atoms with Crippen LogP contribution < -0.4 is 16.4 Å². The molecule has 3 rings (SSSR count). The molecule has 38 heavy (non-hydrogen) atoms. The van der Waals surface area contributed by atoms with E-state index in [0.29, 0.717) is 22.7 Å². The highest BCUT2D eigenvalue weighted by atomic mass is 35.5. The molecule has 1 atom stereocenters. The van der Waals surface area contributed by atoms with Gasteiger partial charge in [0, 0.05) is 29.6 Å². The molecule has 13 nitrogen and oxygen atoms in total. The van der Waals surface area contributed by atoms with Crippen molar-refractivity contribution >= 4 is 35.3 Å². The number of hydrazone groups is 1. The Morgan fingerprint density at radius 2 is 2.03 bits per heavy atom. The van der Waals surface area contributed by atoms with Crippen LogP contribution in [0.3, 0.4) is 0 Å². The van der Waals surface area contributed by atoms with Crippen molar-refractivity contribution in [3.05, 3.63) is 86.7 Å². The Hall–Kier alpha value is -4.65. The minimum atomic E-state index is -0.909. The molecule has 198 valence electrons. The van der Waals surface area contributed by atoms with Crippen LogP contribution in [0.4, 0.5) is 0 Å². The van der Waals surface area contributed by atoms with Crippen LogP contribution in [0.1, 0.15) is 29.5 Å². The molecule has 0 aliphatic heterocycles. The van der Waals surface area contributed by atoms with Crippen molar-refractivity contribution in [1.29, 1.82) is 0 Å². The van der Waals surface area contributed by atoms with E-state index in [-0.39, 0.29) is 31.1 Å². The number of benzene rings is 2. The first-order chi connectivity index (χ1) is 18.2. The SMILES string of the molecule is Cc1ccc(CC(=O)[C@H](CCCN/C(N)=N\[N+](=O)[O-])NC(=O)/C=C/c2cc(Cl)ccc2-n2cnnn2)cc1. The number of aromatic nitrogens is 4. The van der Waals surface area contributed by atoms with Gasteiger partial charge in [-0.25, -0.2) is 10.1 Å². The first kappa shape index (κ1) is 27.9. The van der Waals surface area contributed by atoms with Crippen LogP contribution >= 0.6 is 11.6 Å². The lowest BCUT2D eigenvalue weighted by Gasteiger charge is -2.17. The summed E-state index contributed by atoms with van der Waals surface area (Å²) in [6.07, 6.45) is 5.06. The monoisotopic (exact) mass is 539 g/mol. The fourth-order valence-electron chi connectivity index (χ4n) is 3.51. The fraction of sp³-hybridized carbons (Fsp3) is 0.250. The second-order valence-corrected chi connectivity index (χ2v) is 8.71. The van der Waals surface area contributed by atoms with Crippen molar-refractivity contribution in [2.24, 2.45) is 10.8 Å². The quantitative estimate of drug-likeness (QED) is 0.0771. The highest BCUT2D eigenvalue weighted by molar-refractivity contribution is 6.30. The van der Waals surface area contributed by atoms with Gasteiger partial charge in [0.2, 0.25) is 5.91 Å². The van der Waals surface area contributed by atoms with E-state index in [1.807, 2.05) is 31.2 Å². The summed E-state index contributed by atoms with van der Waals surface area (Å²) in [6, 6.07) is 11.8. The van der Waals surface area contributed by atoms with Crippen molar-refractivity contribution in [2.75, 3.05) is 6.54 Å². The minimum Gasteiger partial charge on any atom is -0.365 e. The maximum absolute atomic E-state index is 13.1. The molecule has 0 spiro atoms. The molecule has 14 heteroatoms. The summed E-state index contributed by atoms with van der Waals surface area (Å²) in [4.78, 5) is 36.3. The number of nitrogens with two attached hydrogens (primary N) is 1. The van der Waals surface area contributed by atoms with E-state index in [1.165, 1.54) is 17.1 Å². The van der Waals surface area contributed by atoms with Crippen molar-refractivity contribution < 1.29 is 14.6 Å². The standard InChI is InChI=1S/C24H26ClN9O4/c1-16-4-6-17(7-5-16)13-22(35)20(3-2-12-27-24(26)30-34(37)38)29-23(36)11-8-18-14-19(25)9-10-21(18)33-15-28-31-32-33/h4-11,14-15,20H,2-3,12-13H2,1H3,(H,29,36)(H3,26,27,30)/b11-8+/t20-/m0/s1. The molecule has 0 aliphatic rings. The number of carbonyl (C=O) groups excluding carboxylic acids is 2. The number of tetrazole rings is 1. The molecule has 2 aromatic carbocycles. The van der Waals surface area contributed by atoms with Crippen molar-refractivity contribution in [3.63, 3.8) is 0 Å². The van der Waals surface area contributed by atoms with Crippen LogP contribution in [0.2, 0.25) is 5.02 Å². The van der Waals surface area contributed by atoms with Crippen molar-refractivity contribution in [2.45, 2.75) is 32.2 Å². The second kappa shape index (κ2) is 13.6. The van der Waals surface area contributed by atoms with Gasteiger partial charge in [-0.1, -0.05) is 41.4 Å². The van der Waals surface area contributed by atoms with Gasteiger partial charge in [0.15, 0.2) is 10.8 Å². The number of halogens is 1. The number of ketones is 1. The summed E-state index contributed by atoms with van der Waals surface area (Å²) in [5, 5.41) is 29.4. The van der Waals surface area contributed by atoms with Crippen LogP contribution in [0.5, 0.6) is 0 Å². The summed E-state index contributed by atoms with van der Waals surface area (Å²) >= 11 is 6.13. The molecule has 0 unspecified atom stereocenters. The Morgan fingerprint density at radius 1 is 1.26 bits per heavy atom. The molecule has 3 aromatic rings. The number of nitro groups is 1. The maximum atomic E-state index is 13.1. The molecule has 0 saturated carbocycles. The van der Waals surface area contributed by atoms with Crippen LogP contribution in [0, 0.1) is 17.0 Å². The van der Waals surface area contributed by atoms with Crippen molar-refractivity contribution in [1.82, 2.24) is 30.8 Å². The number of nitrogens with zero attached hydrogens (tertiary/aromatic N) is 6. The maximum Gasteiger partial charge on any atom is 0.266 e. The molecule has 0 fully saturated rings. The number of Topliss-reactive ketones (excluding diaryl/α,β-unsaturated/α-hetero) is 1. The minimum absolute atomic E-state index is 0.130. The molecule has 4 N–H and O–H groups in total. The zero-order chi connectivity index (χ0) is 27.5. The van der Waals surface area contributed by atoms with E-state index in [9.17, 15) is 19.7 Å². The number of aryl methyl sites for hydroxylation is 1. The number of amides is 1. The first-order valence-electron chi connectivity index (χ1n) is 11.5. The van der Waals surface area contributed by atoms with E-state index in [2.05, 4.69) is 31.3 Å². The Bertz CT molecular complexity index is 1330. The van der Waals surface area contributed by atoms with E-state index in [1.54, 1.807) is 24.3 Å². The van der Waals surface area contributed by atoms with Gasteiger partial charge in [-0.2, -0.15) is 4.68 Å². The molecule has 0 radical (unpaired) electrons. The van der Waals surface area contributed by atoms with Gasteiger partial charge in [0.05, 0.1) is 11.7 Å². The zero-order valence-corrected chi connectivity index (χ0v) is 21.2. The summed E-state index contributed by atoms with van der Waals surface area (Å²) in [5.74, 6) is -1.01. The number of guanidine groups is 1. The average molecular weight is 540 g/mol. The summed E-state index contributed by atoms with van der Waals surface area (Å²) in [6.45, 7) is 2.17. The third-order valence-corrected chi connectivity index (χ3v) is 5.60. The number of carbonyl (C=O) groups is 2. The average Bonchev–Trinajstić information content (AvgIpc) is 3.40. The van der Waals surface area contributed by atoms with Crippen LogP contribution in [0.25, 0.3) is 11.8 Å². The van der Waals surface area contributed by atoms with Gasteiger partial charge in [-0.05, 0) is 60.0 Å². The number of rotatable bonds is 12. The van der Waals surface area contributed by atoms with E-state index in [0.717, 1.165) is 11.1 Å². The normalized spacial score (nSPS) is 12.3. The van der Waals surface area contributed by atoms with E-state index < -0.39 is 17.0 Å². The third kappa shape index (κ3) is 8.78. The third-order valence-electron chi connectivity index (χ3n) is 5.37. The summed E-state index contributed by atoms with van der Waals surface area (Å²) in [5.41, 5.74) is 8.51. The van der Waals surface area contributed by atoms with Gasteiger partial charge in [0.25, 0.3) is 5.96 Å². The van der Waals surface area contributed by atoms with E-state index in [4.69, 9.17) is 17.3 Å². The number of hydrogen-bond acceptors (Lipinski definition) is 7. The molecule has 0 saturated heterocycles. The predicted molar refractivity (Wildman–Crippen MR) is 141 cm³/mol. The fourth-order valence-corrected chi connectivity index (χ4v) is 3.69. The highest BCUT2D eigenvalue weighted by Crippen LogP contribution is 2.20. The topological polar surface area (TPSA) is 183 Å². The molecule has 0 bridgehead atoms. The van der Waals surface area contributed by atoms with E-state index >= 15 is 0 Å². The summed E-state index contributed by atoms with van der Waals surface area (Å²) in [7, 11) is 0. The van der Waals surface area contributed by atoms with Gasteiger partial charge in [-0.3, -0.25) is 9.59 Å². The highest BCUT2D eigenvalue weighted by Gasteiger charge is 2.20. The Kier molecular flexibility index (Phi) is 10.00. The molecule has 1 amide bonds. The smallest absolute Gasteiger partial charge is 0.266 e. The van der Waals surface area contributed by atoms with Crippen LogP contribution in [0.15, 0.2) is 60.0 Å². The van der Waals surface area contributed by atoms with Gasteiger partial charge < -0.3 is 16.4 Å². The predicted octanol–water partition coefficient (Wildman–Crippen LogP) is 1.81. The van der Waals surface area contributed by atoms with Crippen LogP contribution in [-0.4, -0.2) is 55.5 Å². The molecular formula is C24H26ClN9O4. The van der Waals surface area contributed by atoms with Crippen molar-refractivity contribution in [3.8, 4) is 5.69 Å². The van der Waals surface area contributed by atoms with Gasteiger partial charge in [-0.15, -0.1) is 5.10 Å². The van der Waals surface area contributed by atoms with Gasteiger partial charge >= 0.3 is 0 Å².